The predicted octanol–water partition coefficient (Wildman–Crippen LogP) is 8.23. The number of fused-ring (bicyclic) bond motifs is 2. The number of hydrogen-bond donors (Lipinski definition) is 14. The van der Waals surface area contributed by atoms with E-state index in [-0.39, 0.29) is 115 Å². The summed E-state index contributed by atoms with van der Waals surface area (Å²) in [4.78, 5) is 98.1. The summed E-state index contributed by atoms with van der Waals surface area (Å²) < 4.78 is 0. The maximum atomic E-state index is 12.7. The van der Waals surface area contributed by atoms with Gasteiger partial charge in [-0.25, -0.2) is 19.2 Å². The van der Waals surface area contributed by atoms with E-state index in [1.807, 2.05) is 0 Å². The number of carbonyl (C=O) groups excluding carboxylic acids is 2. The Morgan fingerprint density at radius 1 is 0.451 bits per heavy atom. The molecular formula is C50H44N18O12S2. The summed E-state index contributed by atoms with van der Waals surface area (Å²) in [6, 6.07) is 25.1. The number of aliphatic carboxylic acids is 2. The van der Waals surface area contributed by atoms with Gasteiger partial charge in [-0.15, -0.1) is 20.5 Å². The largest absolute Gasteiger partial charge is 0.505 e. The first-order valence-electron chi connectivity index (χ1n) is 23.7. The fourth-order valence-electron chi connectivity index (χ4n) is 7.29. The molecule has 0 aliphatic carbocycles. The molecule has 0 aliphatic heterocycles. The van der Waals surface area contributed by atoms with Gasteiger partial charge < -0.3 is 51.9 Å². The van der Waals surface area contributed by atoms with Crippen LogP contribution in [0.25, 0.3) is 21.5 Å². The third-order valence-corrected chi connectivity index (χ3v) is 13.4. The van der Waals surface area contributed by atoms with E-state index in [9.17, 15) is 59.4 Å². The van der Waals surface area contributed by atoms with Gasteiger partial charge in [-0.05, 0) is 59.3 Å². The van der Waals surface area contributed by atoms with Crippen molar-refractivity contribution in [2.24, 2.45) is 20.5 Å². The van der Waals surface area contributed by atoms with E-state index in [0.29, 0.717) is 10.8 Å². The van der Waals surface area contributed by atoms with Gasteiger partial charge in [0.2, 0.25) is 47.5 Å². The first-order chi connectivity index (χ1) is 39.4. The van der Waals surface area contributed by atoms with Gasteiger partial charge in [0.1, 0.15) is 34.8 Å². The van der Waals surface area contributed by atoms with Crippen LogP contribution in [-0.4, -0.2) is 120 Å². The number of carboxylic acids is 4. The molecular weight excluding hydrogens is 1110 g/mol. The van der Waals surface area contributed by atoms with E-state index in [4.69, 9.17) is 0 Å². The quantitative estimate of drug-likeness (QED) is 0.0111. The molecule has 0 saturated carbocycles. The molecule has 0 radical (unpaired) electrons. The van der Waals surface area contributed by atoms with E-state index >= 15 is 0 Å². The molecule has 0 aliphatic rings. The highest BCUT2D eigenvalue weighted by atomic mass is 33.1. The number of nitrogens with zero attached hydrogens (tertiary/aromatic N) is 10. The Bertz CT molecular complexity index is 3610. The zero-order chi connectivity index (χ0) is 58.5. The molecule has 0 fully saturated rings. The van der Waals surface area contributed by atoms with Crippen molar-refractivity contribution in [3.05, 3.63) is 120 Å². The molecule has 8 aromatic rings. The number of aromatic nitrogens is 6. The van der Waals surface area contributed by atoms with Crippen molar-refractivity contribution in [1.82, 2.24) is 40.8 Å². The number of phenolic OH excluding ortho intramolecular Hbond substituents is 2. The molecule has 0 saturated heterocycles. The standard InChI is InChI=1S/C50H44N18O12S2/c1-23(69)61-67-49-57-45(51-31-15-7-9-25-17-19-33(39(71)37(25)31)65-63-29-13-5-3-11-27(29)41(73)74)55-47(59-49)53-35(43(77)78)21-81-82-22-36(44(79)80)54-48-56-46(58-50(60-48)68-62-24(2)70)52-32-16-8-10-26-18-20-34(40(72)38(26)32)66-64-30-14-6-4-12-28(30)42(75)76/h3-20,35-36,71-72H,21-22H2,1-2H3,(H,61,69)(H,62,70)(H,73,74)(H,75,76)(H,77,78)(H,79,80)(H3,51,53,55,57,59,67)(H3,52,54,56,58,60,68)/b65-63+,66-64+. The third-order valence-electron chi connectivity index (χ3n) is 11.0. The SMILES string of the molecule is CC(=O)NNc1nc(Nc2cccc3ccc(/N=N/c4ccccc4C(=O)O)c(O)c23)nc(NC(CSSCC(Nc2nc(NNC(C)=O)nc(Nc3cccc4ccc(/N=N/c5ccccc5C(=O)O)c(O)c34)n2)C(=O)O)C(=O)O)n1. The predicted molar refractivity (Wildman–Crippen MR) is 302 cm³/mol. The van der Waals surface area contributed by atoms with Crippen LogP contribution in [0.4, 0.5) is 69.8 Å². The number of carboxylic acid groups (broad SMARTS) is 4. The number of phenols is 2. The highest BCUT2D eigenvalue weighted by molar-refractivity contribution is 8.76. The average molecular weight is 1150 g/mol. The molecule has 2 amide bonds. The van der Waals surface area contributed by atoms with E-state index in [1.165, 1.54) is 62.4 Å². The zero-order valence-corrected chi connectivity index (χ0v) is 44.0. The van der Waals surface area contributed by atoms with Gasteiger partial charge in [0.25, 0.3) is 0 Å². The minimum absolute atomic E-state index is 0.0152. The summed E-state index contributed by atoms with van der Waals surface area (Å²) in [6.45, 7) is 2.42. The maximum absolute atomic E-state index is 12.7. The Hall–Kier alpha value is -11.0. The monoisotopic (exact) mass is 1150 g/mol. The van der Waals surface area contributed by atoms with E-state index in [0.717, 1.165) is 21.6 Å². The molecule has 418 valence electrons. The molecule has 2 heterocycles. The molecule has 14 N–H and O–H groups in total. The van der Waals surface area contributed by atoms with Crippen LogP contribution in [0.2, 0.25) is 0 Å². The number of hydrazine groups is 2. The van der Waals surface area contributed by atoms with E-state index < -0.39 is 47.8 Å². The Labute approximate surface area is 468 Å². The summed E-state index contributed by atoms with van der Waals surface area (Å²) >= 11 is 0. The highest BCUT2D eigenvalue weighted by Crippen LogP contribution is 2.42. The molecule has 0 spiro atoms. The first-order valence-corrected chi connectivity index (χ1v) is 26.2. The van der Waals surface area contributed by atoms with Crippen molar-refractivity contribution in [3.63, 3.8) is 0 Å². The van der Waals surface area contributed by atoms with Crippen LogP contribution in [-0.2, 0) is 19.2 Å². The molecule has 82 heavy (non-hydrogen) atoms. The molecule has 6 aromatic carbocycles. The van der Waals surface area contributed by atoms with Crippen molar-refractivity contribution in [3.8, 4) is 11.5 Å². The lowest BCUT2D eigenvalue weighted by molar-refractivity contribution is -0.138. The Morgan fingerprint density at radius 3 is 1.20 bits per heavy atom. The number of azo groups is 2. The smallest absolute Gasteiger partial charge is 0.337 e. The lowest BCUT2D eigenvalue weighted by Gasteiger charge is -2.18. The third kappa shape index (κ3) is 14.6. The summed E-state index contributed by atoms with van der Waals surface area (Å²) in [5.41, 5.74) is 10.0. The molecule has 0 bridgehead atoms. The minimum atomic E-state index is -1.42. The van der Waals surface area contributed by atoms with Crippen LogP contribution in [0.1, 0.15) is 34.6 Å². The van der Waals surface area contributed by atoms with Crippen LogP contribution in [0.5, 0.6) is 11.5 Å². The Balaban J connectivity index is 0.974. The number of aromatic carboxylic acids is 2. The van der Waals surface area contributed by atoms with Crippen molar-refractivity contribution >= 4 is 149 Å². The minimum Gasteiger partial charge on any atom is -0.505 e. The van der Waals surface area contributed by atoms with Crippen molar-refractivity contribution in [1.29, 1.82) is 0 Å². The molecule has 32 heteroatoms. The fourth-order valence-corrected chi connectivity index (χ4v) is 9.60. The summed E-state index contributed by atoms with van der Waals surface area (Å²) in [5, 5.41) is 91.9. The van der Waals surface area contributed by atoms with Gasteiger partial charge in [-0.3, -0.25) is 31.3 Å². The van der Waals surface area contributed by atoms with Crippen LogP contribution in [0.15, 0.2) is 130 Å². The van der Waals surface area contributed by atoms with Crippen molar-refractivity contribution in [2.45, 2.75) is 25.9 Å². The number of aromatic hydroxyl groups is 2. The van der Waals surface area contributed by atoms with Gasteiger partial charge in [-0.1, -0.05) is 82.3 Å². The van der Waals surface area contributed by atoms with Crippen molar-refractivity contribution in [2.75, 3.05) is 43.6 Å². The number of amides is 2. The van der Waals surface area contributed by atoms with Gasteiger partial charge in [0, 0.05) is 36.1 Å². The summed E-state index contributed by atoms with van der Waals surface area (Å²) in [5.74, 6) is -8.80. The van der Waals surface area contributed by atoms with Crippen molar-refractivity contribution < 1.29 is 59.4 Å². The molecule has 2 unspecified atom stereocenters. The lowest BCUT2D eigenvalue weighted by atomic mass is 10.1. The second-order valence-electron chi connectivity index (χ2n) is 16.8. The fraction of sp³-hybridized carbons (Fsp3) is 0.120. The highest BCUT2D eigenvalue weighted by Gasteiger charge is 2.25. The zero-order valence-electron chi connectivity index (χ0n) is 42.4. The number of anilines is 8. The normalized spacial score (nSPS) is 11.9. The Kier molecular flexibility index (Phi) is 18.2. The van der Waals surface area contributed by atoms with Crippen LogP contribution >= 0.6 is 21.6 Å². The number of carbonyl (C=O) groups is 6. The summed E-state index contributed by atoms with van der Waals surface area (Å²) in [7, 11) is 1.95. The van der Waals surface area contributed by atoms with Gasteiger partial charge >= 0.3 is 23.9 Å². The average Bonchev–Trinajstić information content (AvgIpc) is 3.50. The van der Waals surface area contributed by atoms with Crippen LogP contribution < -0.4 is 43.0 Å². The topological polar surface area (TPSA) is 447 Å². The van der Waals surface area contributed by atoms with Crippen LogP contribution in [0, 0.1) is 0 Å². The van der Waals surface area contributed by atoms with E-state index in [2.05, 4.69) is 93.3 Å². The molecule has 8 rings (SSSR count). The second kappa shape index (κ2) is 26.1. The number of hydrogen-bond acceptors (Lipinski definition) is 26. The van der Waals surface area contributed by atoms with Gasteiger partial charge in [-0.2, -0.15) is 29.9 Å². The van der Waals surface area contributed by atoms with Gasteiger partial charge in [0.15, 0.2) is 11.5 Å². The molecule has 2 atom stereocenters. The molecule has 30 nitrogen and oxygen atoms in total. The number of benzene rings is 6. The number of nitrogens with one attached hydrogen (secondary N) is 8. The maximum Gasteiger partial charge on any atom is 0.337 e. The second-order valence-corrected chi connectivity index (χ2v) is 19.4. The molecule has 2 aromatic heterocycles. The lowest BCUT2D eigenvalue weighted by Crippen LogP contribution is -2.34. The van der Waals surface area contributed by atoms with Gasteiger partial charge in [0.05, 0.1) is 22.5 Å². The van der Waals surface area contributed by atoms with Crippen LogP contribution in [0.3, 0.4) is 0 Å². The number of rotatable bonds is 25. The van der Waals surface area contributed by atoms with E-state index in [1.54, 1.807) is 60.7 Å². The summed E-state index contributed by atoms with van der Waals surface area (Å²) in [6.07, 6.45) is 0. The first kappa shape index (κ1) is 57.2. The Morgan fingerprint density at radius 2 is 0.817 bits per heavy atom.